The van der Waals surface area contributed by atoms with Crippen LogP contribution in [0.15, 0.2) is 18.2 Å². The molecule has 1 fully saturated rings. The maximum atomic E-state index is 15.1. The standard InChI is InChI=1S/C23H25F2N5O3S/c1-10-3-4-12-20(27)21(34-23(12)28-10)22(31)29-11-5-13-16(33-9-11)6-15(19(25)18(13)24)30-7-14(26)17(8-30)32-2/h3-4,6,11,14,17H,5,7-9,26-27H2,1-2H3,(H,29,31)/t11-,14-,17-/m1/s1. The number of anilines is 2. The van der Waals surface area contributed by atoms with Crippen LogP contribution in [-0.2, 0) is 11.2 Å². The molecule has 0 aliphatic carbocycles. The number of hydrogen-bond donors (Lipinski definition) is 3. The fourth-order valence-electron chi connectivity index (χ4n) is 4.52. The number of carbonyl (C=O) groups excluding carboxylic acids is 1. The molecule has 3 aromatic rings. The molecule has 1 saturated heterocycles. The van der Waals surface area contributed by atoms with Gasteiger partial charge in [0.25, 0.3) is 5.91 Å². The van der Waals surface area contributed by atoms with E-state index in [4.69, 9.17) is 20.9 Å². The van der Waals surface area contributed by atoms with Crippen molar-refractivity contribution in [2.75, 3.05) is 37.4 Å². The molecule has 0 saturated carbocycles. The molecule has 5 N–H and O–H groups in total. The first-order valence-corrected chi connectivity index (χ1v) is 11.7. The zero-order chi connectivity index (χ0) is 24.1. The maximum Gasteiger partial charge on any atom is 0.263 e. The summed E-state index contributed by atoms with van der Waals surface area (Å²) in [5, 5.41) is 3.55. The van der Waals surface area contributed by atoms with E-state index >= 15 is 4.39 Å². The minimum absolute atomic E-state index is 0.0891. The number of nitrogens with zero attached hydrogens (tertiary/aromatic N) is 2. The van der Waals surface area contributed by atoms with Crippen LogP contribution in [0.25, 0.3) is 10.2 Å². The Kier molecular flexibility index (Phi) is 5.78. The topological polar surface area (TPSA) is 116 Å². The van der Waals surface area contributed by atoms with Gasteiger partial charge < -0.3 is 31.2 Å². The average Bonchev–Trinajstić information content (AvgIpc) is 3.35. The number of nitrogen functional groups attached to an aromatic ring is 1. The van der Waals surface area contributed by atoms with E-state index in [9.17, 15) is 9.18 Å². The Labute approximate surface area is 198 Å². The van der Waals surface area contributed by atoms with Crippen LogP contribution >= 0.6 is 11.3 Å². The molecule has 2 aliphatic rings. The third kappa shape index (κ3) is 3.83. The largest absolute Gasteiger partial charge is 0.491 e. The van der Waals surface area contributed by atoms with Crippen LogP contribution in [0.5, 0.6) is 5.75 Å². The van der Waals surface area contributed by atoms with E-state index in [1.807, 2.05) is 19.1 Å². The minimum atomic E-state index is -0.984. The first kappa shape index (κ1) is 22.8. The van der Waals surface area contributed by atoms with Crippen LogP contribution < -0.4 is 26.4 Å². The number of thiophene rings is 1. The van der Waals surface area contributed by atoms with Crippen LogP contribution in [0.1, 0.15) is 20.9 Å². The Hall–Kier alpha value is -3.02. The second-order valence-electron chi connectivity index (χ2n) is 8.68. The molecule has 5 rings (SSSR count). The normalized spacial score (nSPS) is 22.0. The number of pyridine rings is 1. The van der Waals surface area contributed by atoms with Gasteiger partial charge in [0.2, 0.25) is 0 Å². The van der Waals surface area contributed by atoms with Crippen LogP contribution in [0.4, 0.5) is 20.2 Å². The number of aromatic nitrogens is 1. The summed E-state index contributed by atoms with van der Waals surface area (Å²) in [6.07, 6.45) is -0.175. The van der Waals surface area contributed by atoms with E-state index in [0.29, 0.717) is 33.9 Å². The summed E-state index contributed by atoms with van der Waals surface area (Å²) in [5.74, 6) is -2.09. The molecule has 3 atom stereocenters. The Morgan fingerprint density at radius 2 is 2.12 bits per heavy atom. The summed E-state index contributed by atoms with van der Waals surface area (Å²) in [6, 6.07) is 4.31. The van der Waals surface area contributed by atoms with Crippen molar-refractivity contribution in [3.8, 4) is 5.75 Å². The highest BCUT2D eigenvalue weighted by molar-refractivity contribution is 7.21. The zero-order valence-electron chi connectivity index (χ0n) is 18.7. The maximum absolute atomic E-state index is 15.1. The number of carbonyl (C=O) groups is 1. The predicted molar refractivity (Wildman–Crippen MR) is 127 cm³/mol. The van der Waals surface area contributed by atoms with Crippen molar-refractivity contribution >= 4 is 38.8 Å². The van der Waals surface area contributed by atoms with Gasteiger partial charge in [0, 0.05) is 49.3 Å². The Morgan fingerprint density at radius 3 is 2.85 bits per heavy atom. The Bertz CT molecular complexity index is 1280. The van der Waals surface area contributed by atoms with Crippen molar-refractivity contribution in [2.45, 2.75) is 31.5 Å². The molecule has 8 nitrogen and oxygen atoms in total. The summed E-state index contributed by atoms with van der Waals surface area (Å²) < 4.78 is 41.1. The number of fused-ring (bicyclic) bond motifs is 2. The van der Waals surface area contributed by atoms with Gasteiger partial charge in [0.05, 0.1) is 29.6 Å². The molecule has 1 aromatic carbocycles. The molecule has 2 aliphatic heterocycles. The summed E-state index contributed by atoms with van der Waals surface area (Å²) in [7, 11) is 1.54. The molecule has 11 heteroatoms. The summed E-state index contributed by atoms with van der Waals surface area (Å²) >= 11 is 1.20. The highest BCUT2D eigenvalue weighted by Crippen LogP contribution is 2.37. The number of aryl methyl sites for hydroxylation is 1. The number of methoxy groups -OCH3 is 1. The molecule has 0 spiro atoms. The molecule has 0 radical (unpaired) electrons. The molecule has 4 heterocycles. The third-order valence-electron chi connectivity index (χ3n) is 6.37. The smallest absolute Gasteiger partial charge is 0.263 e. The molecule has 34 heavy (non-hydrogen) atoms. The van der Waals surface area contributed by atoms with E-state index in [1.54, 1.807) is 12.0 Å². The van der Waals surface area contributed by atoms with E-state index in [0.717, 1.165) is 5.69 Å². The lowest BCUT2D eigenvalue weighted by Gasteiger charge is -2.28. The quantitative estimate of drug-likeness (QED) is 0.515. The number of amides is 1. The van der Waals surface area contributed by atoms with Crippen LogP contribution in [0, 0.1) is 18.6 Å². The average molecular weight is 490 g/mol. The number of benzene rings is 1. The molecule has 2 aromatic heterocycles. The summed E-state index contributed by atoms with van der Waals surface area (Å²) in [5.41, 5.74) is 13.6. The first-order valence-electron chi connectivity index (χ1n) is 10.9. The van der Waals surface area contributed by atoms with E-state index in [1.165, 1.54) is 17.4 Å². The summed E-state index contributed by atoms with van der Waals surface area (Å²) in [4.78, 5) is 20.0. The van der Waals surface area contributed by atoms with Gasteiger partial charge in [-0.1, -0.05) is 0 Å². The lowest BCUT2D eigenvalue weighted by molar-refractivity contribution is 0.0919. The first-order chi connectivity index (χ1) is 16.3. The number of ether oxygens (including phenoxy) is 2. The molecular formula is C23H25F2N5O3S. The van der Waals surface area contributed by atoms with Gasteiger partial charge in [0.1, 0.15) is 22.1 Å². The zero-order valence-corrected chi connectivity index (χ0v) is 19.5. The molecule has 180 valence electrons. The monoisotopic (exact) mass is 489 g/mol. The van der Waals surface area contributed by atoms with Gasteiger partial charge in [-0.05, 0) is 19.1 Å². The number of hydrogen-bond acceptors (Lipinski definition) is 8. The minimum Gasteiger partial charge on any atom is -0.491 e. The van der Waals surface area contributed by atoms with Gasteiger partial charge in [-0.25, -0.2) is 13.8 Å². The van der Waals surface area contributed by atoms with Gasteiger partial charge in [-0.15, -0.1) is 11.3 Å². The van der Waals surface area contributed by atoms with Gasteiger partial charge in [-0.2, -0.15) is 0 Å². The van der Waals surface area contributed by atoms with Crippen molar-refractivity contribution in [3.63, 3.8) is 0 Å². The van der Waals surface area contributed by atoms with Crippen molar-refractivity contribution in [3.05, 3.63) is 46.0 Å². The predicted octanol–water partition coefficient (Wildman–Crippen LogP) is 2.36. The SMILES string of the molecule is CO[C@@H]1CN(c2cc3c(c(F)c2F)C[C@@H](NC(=O)c2sc4nc(C)ccc4c2N)CO3)C[C@H]1N. The molecule has 0 bridgehead atoms. The Morgan fingerprint density at radius 1 is 1.32 bits per heavy atom. The fourth-order valence-corrected chi connectivity index (χ4v) is 5.56. The van der Waals surface area contributed by atoms with Crippen molar-refractivity contribution in [2.24, 2.45) is 5.73 Å². The second-order valence-corrected chi connectivity index (χ2v) is 9.68. The number of nitrogens with two attached hydrogens (primary N) is 2. The number of rotatable bonds is 4. The van der Waals surface area contributed by atoms with Gasteiger partial charge in [-0.3, -0.25) is 4.79 Å². The Balaban J connectivity index is 1.35. The van der Waals surface area contributed by atoms with Crippen molar-refractivity contribution in [1.82, 2.24) is 10.3 Å². The highest BCUT2D eigenvalue weighted by Gasteiger charge is 2.35. The summed E-state index contributed by atoms with van der Waals surface area (Å²) in [6.45, 7) is 2.68. The number of halogens is 2. The molecular weight excluding hydrogens is 464 g/mol. The van der Waals surface area contributed by atoms with E-state index in [2.05, 4.69) is 10.3 Å². The molecule has 0 unspecified atom stereocenters. The van der Waals surface area contributed by atoms with Crippen molar-refractivity contribution in [1.29, 1.82) is 0 Å². The van der Waals surface area contributed by atoms with E-state index in [-0.39, 0.29) is 42.2 Å². The van der Waals surface area contributed by atoms with Crippen LogP contribution in [0.3, 0.4) is 0 Å². The van der Waals surface area contributed by atoms with Crippen LogP contribution in [0.2, 0.25) is 0 Å². The second kappa shape index (κ2) is 8.64. The number of nitrogens with one attached hydrogen (secondary N) is 1. The lowest BCUT2D eigenvalue weighted by atomic mass is 10.0. The lowest BCUT2D eigenvalue weighted by Crippen LogP contribution is -2.43. The van der Waals surface area contributed by atoms with Gasteiger partial charge >= 0.3 is 0 Å². The highest BCUT2D eigenvalue weighted by atomic mass is 32.1. The van der Waals surface area contributed by atoms with Gasteiger partial charge in [0.15, 0.2) is 11.6 Å². The van der Waals surface area contributed by atoms with Crippen molar-refractivity contribution < 1.29 is 23.0 Å². The molecule has 1 amide bonds. The van der Waals surface area contributed by atoms with E-state index < -0.39 is 23.6 Å². The van der Waals surface area contributed by atoms with Crippen LogP contribution in [-0.4, -0.2) is 55.9 Å². The fraction of sp³-hybridized carbons (Fsp3) is 0.391. The third-order valence-corrected chi connectivity index (χ3v) is 7.48.